The summed E-state index contributed by atoms with van der Waals surface area (Å²) < 4.78 is 9.88. The number of carbonyl (C=O) groups is 2. The highest BCUT2D eigenvalue weighted by Gasteiger charge is 2.56. The van der Waals surface area contributed by atoms with Gasteiger partial charge in [0.15, 0.2) is 5.41 Å². The Morgan fingerprint density at radius 2 is 1.45 bits per heavy atom. The van der Waals surface area contributed by atoms with Gasteiger partial charge in [-0.25, -0.2) is 0 Å². The molecule has 0 saturated heterocycles. The Kier molecular flexibility index (Phi) is 6.65. The third kappa shape index (κ3) is 3.39. The molecule has 0 aromatic rings. The summed E-state index contributed by atoms with van der Waals surface area (Å²) in [5.41, 5.74) is -1.08. The maximum atomic E-state index is 12.3. The Balaban J connectivity index is 3.03. The number of hydrogen-bond donors (Lipinski definition) is 0. The molecule has 0 spiro atoms. The molecule has 0 radical (unpaired) electrons. The predicted molar refractivity (Wildman–Crippen MR) is 90.4 cm³/mol. The smallest absolute Gasteiger partial charge is 0.323 e. The average molecular weight is 329 g/mol. The molecule has 0 bridgehead atoms. The van der Waals surface area contributed by atoms with Crippen molar-refractivity contribution in [2.24, 2.45) is 17.3 Å². The summed E-state index contributed by atoms with van der Waals surface area (Å²) in [6.07, 6.45) is 1.14. The molecule has 0 heterocycles. The zero-order valence-corrected chi connectivity index (χ0v) is 16.0. The molecule has 2 atom stereocenters. The fourth-order valence-corrected chi connectivity index (χ4v) is 8.29. The van der Waals surface area contributed by atoms with Gasteiger partial charge < -0.3 is 9.47 Å². The lowest BCUT2D eigenvalue weighted by Gasteiger charge is -2.33. The summed E-state index contributed by atoms with van der Waals surface area (Å²) in [5, 5.41) is 0. The topological polar surface area (TPSA) is 52.6 Å². The highest BCUT2D eigenvalue weighted by Crippen LogP contribution is 2.51. The van der Waals surface area contributed by atoms with Gasteiger partial charge in [0.1, 0.15) is 0 Å². The molecule has 0 aromatic carbocycles. The molecule has 128 valence electrons. The molecule has 2 unspecified atom stereocenters. The van der Waals surface area contributed by atoms with Crippen LogP contribution in [0, 0.1) is 17.3 Å². The van der Waals surface area contributed by atoms with E-state index in [4.69, 9.17) is 9.47 Å². The van der Waals surface area contributed by atoms with Crippen LogP contribution in [0.2, 0.25) is 24.2 Å². The van der Waals surface area contributed by atoms with Gasteiger partial charge in [-0.15, -0.1) is 0 Å². The van der Waals surface area contributed by atoms with Crippen LogP contribution in [-0.4, -0.2) is 34.2 Å². The van der Waals surface area contributed by atoms with Gasteiger partial charge in [-0.05, 0) is 24.7 Å². The van der Waals surface area contributed by atoms with Crippen LogP contribution >= 0.6 is 0 Å². The Morgan fingerprint density at radius 1 is 1.00 bits per heavy atom. The van der Waals surface area contributed by atoms with Crippen LogP contribution in [0.15, 0.2) is 0 Å². The molecule has 1 fully saturated rings. The van der Waals surface area contributed by atoms with E-state index in [1.807, 2.05) is 0 Å². The highest BCUT2D eigenvalue weighted by atomic mass is 28.3. The second kappa shape index (κ2) is 7.62. The zero-order chi connectivity index (χ0) is 17.0. The van der Waals surface area contributed by atoms with Crippen molar-refractivity contribution in [1.29, 1.82) is 0 Å². The maximum Gasteiger partial charge on any atom is 0.323 e. The molecular formula is C17H32O4Si. The van der Waals surface area contributed by atoms with Crippen molar-refractivity contribution in [2.75, 3.05) is 14.2 Å². The first-order valence-corrected chi connectivity index (χ1v) is 11.3. The number of rotatable bonds is 7. The van der Waals surface area contributed by atoms with Gasteiger partial charge in [0, 0.05) is 0 Å². The SMILES string of the molecule is CC[Si](CC)(CC)CC1CC(C(=O)OC)(C(=O)OC)CC1C. The fourth-order valence-electron chi connectivity index (χ4n) is 4.27. The summed E-state index contributed by atoms with van der Waals surface area (Å²) in [7, 11) is 1.43. The summed E-state index contributed by atoms with van der Waals surface area (Å²) in [6, 6.07) is 5.01. The van der Waals surface area contributed by atoms with Gasteiger partial charge in [-0.3, -0.25) is 9.59 Å². The van der Waals surface area contributed by atoms with E-state index in [1.165, 1.54) is 38.4 Å². The summed E-state index contributed by atoms with van der Waals surface area (Å²) in [5.74, 6) is -0.0737. The summed E-state index contributed by atoms with van der Waals surface area (Å²) >= 11 is 0. The van der Waals surface area contributed by atoms with Gasteiger partial charge in [0.05, 0.1) is 22.3 Å². The summed E-state index contributed by atoms with van der Waals surface area (Å²) in [4.78, 5) is 24.6. The minimum Gasteiger partial charge on any atom is -0.468 e. The molecule has 1 aliphatic rings. The molecule has 0 N–H and O–H groups in total. The minimum absolute atomic E-state index is 0.356. The van der Waals surface area contributed by atoms with E-state index in [0.717, 1.165) is 0 Å². The zero-order valence-electron chi connectivity index (χ0n) is 15.0. The van der Waals surface area contributed by atoms with E-state index in [0.29, 0.717) is 24.7 Å². The van der Waals surface area contributed by atoms with Crippen LogP contribution in [0.5, 0.6) is 0 Å². The third-order valence-corrected chi connectivity index (χ3v) is 12.1. The molecule has 0 aliphatic heterocycles. The van der Waals surface area contributed by atoms with Crippen molar-refractivity contribution in [2.45, 2.75) is 64.7 Å². The predicted octanol–water partition coefficient (Wildman–Crippen LogP) is 3.87. The van der Waals surface area contributed by atoms with Crippen molar-refractivity contribution in [3.63, 3.8) is 0 Å². The third-order valence-electron chi connectivity index (χ3n) is 6.18. The van der Waals surface area contributed by atoms with E-state index in [-0.39, 0.29) is 0 Å². The van der Waals surface area contributed by atoms with Gasteiger partial charge in [-0.1, -0.05) is 51.9 Å². The first-order chi connectivity index (χ1) is 10.3. The van der Waals surface area contributed by atoms with Crippen LogP contribution in [0.3, 0.4) is 0 Å². The van der Waals surface area contributed by atoms with Gasteiger partial charge in [0.2, 0.25) is 0 Å². The van der Waals surface area contributed by atoms with E-state index in [9.17, 15) is 9.59 Å². The number of esters is 2. The van der Waals surface area contributed by atoms with Crippen LogP contribution in [0.25, 0.3) is 0 Å². The van der Waals surface area contributed by atoms with Crippen molar-refractivity contribution in [3.05, 3.63) is 0 Å². The Hall–Kier alpha value is -0.843. The fraction of sp³-hybridized carbons (Fsp3) is 0.882. The van der Waals surface area contributed by atoms with Crippen molar-refractivity contribution in [3.8, 4) is 0 Å². The summed E-state index contributed by atoms with van der Waals surface area (Å²) in [6.45, 7) is 9.06. The molecule has 5 heteroatoms. The van der Waals surface area contributed by atoms with E-state index in [2.05, 4.69) is 27.7 Å². The standard InChI is InChI=1S/C17H32O4Si/c1-7-22(8-2,9-3)12-14-11-17(10-13(14)4,15(18)20-5)16(19)21-6/h13-14H,7-12H2,1-6H3. The van der Waals surface area contributed by atoms with E-state index >= 15 is 0 Å². The highest BCUT2D eigenvalue weighted by molar-refractivity contribution is 6.79. The van der Waals surface area contributed by atoms with E-state index in [1.54, 1.807) is 0 Å². The van der Waals surface area contributed by atoms with Gasteiger partial charge in [0.25, 0.3) is 0 Å². The van der Waals surface area contributed by atoms with Gasteiger partial charge in [-0.2, -0.15) is 0 Å². The van der Waals surface area contributed by atoms with E-state index < -0.39 is 25.4 Å². The molecule has 1 aliphatic carbocycles. The second-order valence-electron chi connectivity index (χ2n) is 6.98. The molecule has 1 saturated carbocycles. The first-order valence-electron chi connectivity index (χ1n) is 8.51. The number of ether oxygens (including phenoxy) is 2. The van der Waals surface area contributed by atoms with Gasteiger partial charge >= 0.3 is 11.9 Å². The molecule has 0 amide bonds. The molecule has 22 heavy (non-hydrogen) atoms. The maximum absolute atomic E-state index is 12.3. The van der Waals surface area contributed by atoms with Crippen molar-refractivity contribution >= 4 is 20.0 Å². The molecule has 1 rings (SSSR count). The average Bonchev–Trinajstić information content (AvgIpc) is 2.88. The van der Waals surface area contributed by atoms with Crippen LogP contribution in [0.4, 0.5) is 0 Å². The minimum atomic E-state index is -1.28. The molecular weight excluding hydrogens is 296 g/mol. The van der Waals surface area contributed by atoms with Crippen LogP contribution < -0.4 is 0 Å². The van der Waals surface area contributed by atoms with Crippen molar-refractivity contribution in [1.82, 2.24) is 0 Å². The number of hydrogen-bond acceptors (Lipinski definition) is 4. The Bertz CT molecular complexity index is 379. The number of carbonyl (C=O) groups excluding carboxylic acids is 2. The van der Waals surface area contributed by atoms with Crippen LogP contribution in [-0.2, 0) is 19.1 Å². The Labute approximate surface area is 136 Å². The monoisotopic (exact) mass is 328 g/mol. The molecule has 4 nitrogen and oxygen atoms in total. The second-order valence-corrected chi connectivity index (χ2v) is 12.5. The quantitative estimate of drug-likeness (QED) is 0.404. The normalized spacial score (nSPS) is 24.1. The van der Waals surface area contributed by atoms with Crippen LogP contribution in [0.1, 0.15) is 40.5 Å². The largest absolute Gasteiger partial charge is 0.468 e. The number of methoxy groups -OCH3 is 2. The lowest BCUT2D eigenvalue weighted by Crippen LogP contribution is -2.40. The molecule has 0 aromatic heterocycles. The van der Waals surface area contributed by atoms with Crippen molar-refractivity contribution < 1.29 is 19.1 Å². The lowest BCUT2D eigenvalue weighted by molar-refractivity contribution is -0.169. The first kappa shape index (κ1) is 19.2. The lowest BCUT2D eigenvalue weighted by atomic mass is 9.85. The Morgan fingerprint density at radius 3 is 1.82 bits per heavy atom.